The highest BCUT2D eigenvalue weighted by Gasteiger charge is 2.06. The van der Waals surface area contributed by atoms with Crippen molar-refractivity contribution in [3.8, 4) is 5.75 Å². The van der Waals surface area contributed by atoms with E-state index in [0.29, 0.717) is 4.90 Å². The zero-order valence-corrected chi connectivity index (χ0v) is 16.1. The van der Waals surface area contributed by atoms with Crippen molar-refractivity contribution in [1.29, 1.82) is 0 Å². The van der Waals surface area contributed by atoms with E-state index < -0.39 is 4.92 Å². The Bertz CT molecular complexity index is 770. The topological polar surface area (TPSA) is 69.4 Å². The van der Waals surface area contributed by atoms with Crippen LogP contribution in [0.5, 0.6) is 5.75 Å². The van der Waals surface area contributed by atoms with Gasteiger partial charge in [0.25, 0.3) is 5.69 Å². The minimum absolute atomic E-state index is 0.00927. The van der Waals surface area contributed by atoms with E-state index in [-0.39, 0.29) is 10.8 Å². The molecule has 0 saturated carbocycles. The lowest BCUT2D eigenvalue weighted by molar-refractivity contribution is -0.384. The number of carbonyl (C=O) groups is 1. The Morgan fingerprint density at radius 2 is 1.78 bits per heavy atom. The van der Waals surface area contributed by atoms with Crippen molar-refractivity contribution in [2.75, 3.05) is 6.61 Å². The van der Waals surface area contributed by atoms with Crippen LogP contribution in [0.3, 0.4) is 0 Å². The van der Waals surface area contributed by atoms with Gasteiger partial charge in [0.15, 0.2) is 0 Å². The molecule has 2 aromatic rings. The summed E-state index contributed by atoms with van der Waals surface area (Å²) in [4.78, 5) is 22.9. The summed E-state index contributed by atoms with van der Waals surface area (Å²) < 4.78 is 5.70. The molecule has 142 valence electrons. The number of benzene rings is 2. The standard InChI is InChI=1S/C21H23NO4S/c1-2-3-4-5-16-26-19-11-6-17(7-12-19)8-15-21(23)27-20-13-9-18(10-14-20)22(24)25/h6-15H,2-5,16H2,1H3/b15-8+. The maximum absolute atomic E-state index is 12.0. The predicted octanol–water partition coefficient (Wildman–Crippen LogP) is 5.89. The summed E-state index contributed by atoms with van der Waals surface area (Å²) in [6.45, 7) is 2.90. The molecule has 27 heavy (non-hydrogen) atoms. The zero-order chi connectivity index (χ0) is 19.5. The number of thioether (sulfide) groups is 1. The van der Waals surface area contributed by atoms with E-state index in [9.17, 15) is 14.9 Å². The van der Waals surface area contributed by atoms with Gasteiger partial charge in [0, 0.05) is 17.0 Å². The van der Waals surface area contributed by atoms with Crippen LogP contribution in [0.1, 0.15) is 38.2 Å². The minimum atomic E-state index is -0.464. The average Bonchev–Trinajstić information content (AvgIpc) is 2.67. The lowest BCUT2D eigenvalue weighted by atomic mass is 10.2. The summed E-state index contributed by atoms with van der Waals surface area (Å²) in [7, 11) is 0. The van der Waals surface area contributed by atoms with Crippen molar-refractivity contribution in [1.82, 2.24) is 0 Å². The average molecular weight is 385 g/mol. The van der Waals surface area contributed by atoms with Gasteiger partial charge >= 0.3 is 0 Å². The van der Waals surface area contributed by atoms with E-state index in [1.807, 2.05) is 24.3 Å². The molecule has 0 fully saturated rings. The highest BCUT2D eigenvalue weighted by atomic mass is 32.2. The first-order valence-corrected chi connectivity index (χ1v) is 9.77. The summed E-state index contributed by atoms with van der Waals surface area (Å²) in [6.07, 6.45) is 7.93. The molecular formula is C21H23NO4S. The van der Waals surface area contributed by atoms with Crippen LogP contribution in [-0.2, 0) is 4.79 Å². The Labute approximate surface area is 163 Å². The first kappa shape index (κ1) is 20.7. The van der Waals surface area contributed by atoms with E-state index in [1.54, 1.807) is 18.2 Å². The Morgan fingerprint density at radius 3 is 2.41 bits per heavy atom. The molecule has 0 N–H and O–H groups in total. The van der Waals surface area contributed by atoms with Gasteiger partial charge in [-0.15, -0.1) is 0 Å². The maximum atomic E-state index is 12.0. The lowest BCUT2D eigenvalue weighted by Gasteiger charge is -2.06. The summed E-state index contributed by atoms with van der Waals surface area (Å²) in [6, 6.07) is 13.5. The molecule has 6 heteroatoms. The number of ether oxygens (including phenoxy) is 1. The molecule has 0 bridgehead atoms. The third-order valence-electron chi connectivity index (χ3n) is 3.82. The van der Waals surface area contributed by atoms with Crippen LogP contribution < -0.4 is 4.74 Å². The van der Waals surface area contributed by atoms with Crippen LogP contribution in [-0.4, -0.2) is 16.6 Å². The van der Waals surface area contributed by atoms with Crippen molar-refractivity contribution >= 4 is 28.6 Å². The van der Waals surface area contributed by atoms with Crippen LogP contribution in [0.4, 0.5) is 5.69 Å². The Kier molecular flexibility index (Phi) is 8.58. The van der Waals surface area contributed by atoms with Crippen molar-refractivity contribution in [3.63, 3.8) is 0 Å². The van der Waals surface area contributed by atoms with Crippen LogP contribution in [0.2, 0.25) is 0 Å². The van der Waals surface area contributed by atoms with Gasteiger partial charge in [-0.05, 0) is 54.1 Å². The summed E-state index contributed by atoms with van der Waals surface area (Å²) in [5.74, 6) is 0.829. The van der Waals surface area contributed by atoms with Gasteiger partial charge in [0.1, 0.15) is 5.75 Å². The molecule has 2 rings (SSSR count). The van der Waals surface area contributed by atoms with Gasteiger partial charge in [-0.2, -0.15) is 0 Å². The quantitative estimate of drug-likeness (QED) is 0.168. The molecule has 0 amide bonds. The van der Waals surface area contributed by atoms with E-state index >= 15 is 0 Å². The van der Waals surface area contributed by atoms with Crippen molar-refractivity contribution in [2.24, 2.45) is 0 Å². The van der Waals surface area contributed by atoms with E-state index in [2.05, 4.69) is 6.92 Å². The molecule has 0 atom stereocenters. The number of rotatable bonds is 10. The number of non-ortho nitro benzene ring substituents is 1. The number of unbranched alkanes of at least 4 members (excludes halogenated alkanes) is 3. The van der Waals surface area contributed by atoms with Crippen molar-refractivity contribution < 1.29 is 14.5 Å². The number of nitrogens with zero attached hydrogens (tertiary/aromatic N) is 1. The van der Waals surface area contributed by atoms with Gasteiger partial charge in [-0.25, -0.2) is 0 Å². The Morgan fingerprint density at radius 1 is 1.07 bits per heavy atom. The molecule has 5 nitrogen and oxygen atoms in total. The number of hydrogen-bond acceptors (Lipinski definition) is 5. The number of hydrogen-bond donors (Lipinski definition) is 0. The second kappa shape index (κ2) is 11.2. The molecule has 0 spiro atoms. The molecule has 0 heterocycles. The molecule has 0 aromatic heterocycles. The fourth-order valence-electron chi connectivity index (χ4n) is 2.34. The molecule has 0 aliphatic rings. The van der Waals surface area contributed by atoms with Crippen molar-refractivity contribution in [2.45, 2.75) is 37.5 Å². The van der Waals surface area contributed by atoms with Gasteiger partial charge < -0.3 is 4.74 Å². The molecule has 0 aliphatic heterocycles. The van der Waals surface area contributed by atoms with Crippen LogP contribution in [0.15, 0.2) is 59.5 Å². The number of nitro groups is 1. The summed E-state index contributed by atoms with van der Waals surface area (Å²) >= 11 is 1.03. The maximum Gasteiger partial charge on any atom is 0.269 e. The first-order chi connectivity index (χ1) is 13.1. The number of carbonyl (C=O) groups excluding carboxylic acids is 1. The monoisotopic (exact) mass is 385 g/mol. The highest BCUT2D eigenvalue weighted by molar-refractivity contribution is 8.14. The number of nitro benzene ring substituents is 1. The SMILES string of the molecule is CCCCCCOc1ccc(/C=C/C(=O)Sc2ccc([N+](=O)[O-])cc2)cc1. The fraction of sp³-hybridized carbons (Fsp3) is 0.286. The molecule has 2 aromatic carbocycles. The van der Waals surface area contributed by atoms with E-state index in [4.69, 9.17) is 4.74 Å². The largest absolute Gasteiger partial charge is 0.494 e. The Balaban J connectivity index is 1.80. The molecule has 0 unspecified atom stereocenters. The minimum Gasteiger partial charge on any atom is -0.494 e. The lowest BCUT2D eigenvalue weighted by Crippen LogP contribution is -1.96. The smallest absolute Gasteiger partial charge is 0.269 e. The first-order valence-electron chi connectivity index (χ1n) is 8.95. The fourth-order valence-corrected chi connectivity index (χ4v) is 2.98. The molecule has 0 aliphatic carbocycles. The second-order valence-electron chi connectivity index (χ2n) is 5.98. The van der Waals surface area contributed by atoms with Crippen LogP contribution in [0.25, 0.3) is 6.08 Å². The zero-order valence-electron chi connectivity index (χ0n) is 15.3. The van der Waals surface area contributed by atoms with E-state index in [0.717, 1.165) is 36.1 Å². The molecule has 0 saturated heterocycles. The third-order valence-corrected chi connectivity index (χ3v) is 4.67. The second-order valence-corrected chi connectivity index (χ2v) is 7.06. The predicted molar refractivity (Wildman–Crippen MR) is 109 cm³/mol. The highest BCUT2D eigenvalue weighted by Crippen LogP contribution is 2.23. The third kappa shape index (κ3) is 7.66. The normalized spacial score (nSPS) is 10.9. The van der Waals surface area contributed by atoms with Crippen molar-refractivity contribution in [3.05, 3.63) is 70.3 Å². The van der Waals surface area contributed by atoms with E-state index in [1.165, 1.54) is 37.5 Å². The van der Waals surface area contributed by atoms with Gasteiger partial charge in [0.05, 0.1) is 11.5 Å². The Hall–Kier alpha value is -2.60. The van der Waals surface area contributed by atoms with Gasteiger partial charge in [0.2, 0.25) is 5.12 Å². The molecular weight excluding hydrogens is 362 g/mol. The summed E-state index contributed by atoms with van der Waals surface area (Å²) in [5, 5.41) is 10.5. The summed E-state index contributed by atoms with van der Waals surface area (Å²) in [5.41, 5.74) is 0.918. The van der Waals surface area contributed by atoms with Crippen LogP contribution in [0, 0.1) is 10.1 Å². The van der Waals surface area contributed by atoms with Gasteiger partial charge in [-0.1, -0.05) is 44.4 Å². The van der Waals surface area contributed by atoms with Gasteiger partial charge in [-0.3, -0.25) is 14.9 Å². The molecule has 0 radical (unpaired) electrons. The van der Waals surface area contributed by atoms with Crippen LogP contribution >= 0.6 is 11.8 Å².